The summed E-state index contributed by atoms with van der Waals surface area (Å²) in [5.74, 6) is 0.821. The first kappa shape index (κ1) is 18.6. The number of carbonyl (C=O) groups is 1. The highest BCUT2D eigenvalue weighted by molar-refractivity contribution is 5.52. The normalized spacial score (nSPS) is 18.1. The summed E-state index contributed by atoms with van der Waals surface area (Å²) in [5.41, 5.74) is 4.11. The Bertz CT molecular complexity index is 1020. The summed E-state index contributed by atoms with van der Waals surface area (Å²) in [6, 6.07) is 31.8. The fraction of sp³-hybridized carbons (Fsp3) is 0.185. The maximum absolute atomic E-state index is 10.9. The first-order valence-corrected chi connectivity index (χ1v) is 10.5. The first-order chi connectivity index (χ1) is 14.8. The van der Waals surface area contributed by atoms with Crippen molar-refractivity contribution in [3.8, 4) is 0 Å². The maximum atomic E-state index is 10.9. The second-order valence-electron chi connectivity index (χ2n) is 8.02. The number of imidazole rings is 1. The Hall–Kier alpha value is -3.46. The number of benzene rings is 3. The van der Waals surface area contributed by atoms with E-state index in [4.69, 9.17) is 4.98 Å². The van der Waals surface area contributed by atoms with E-state index >= 15 is 0 Å². The fourth-order valence-corrected chi connectivity index (χ4v) is 4.69. The molecule has 0 unspecified atom stereocenters. The quantitative estimate of drug-likeness (QED) is 0.311. The van der Waals surface area contributed by atoms with Crippen molar-refractivity contribution in [3.05, 3.63) is 126 Å². The Morgan fingerprint density at radius 3 is 1.80 bits per heavy atom. The van der Waals surface area contributed by atoms with Crippen LogP contribution < -0.4 is 0 Å². The van der Waals surface area contributed by atoms with E-state index in [1.165, 1.54) is 16.7 Å². The van der Waals surface area contributed by atoms with Crippen molar-refractivity contribution in [1.82, 2.24) is 9.55 Å². The number of hydrogen-bond donors (Lipinski definition) is 0. The fourth-order valence-electron chi connectivity index (χ4n) is 4.69. The zero-order chi connectivity index (χ0) is 20.4. The van der Waals surface area contributed by atoms with Gasteiger partial charge in [-0.3, -0.25) is 0 Å². The summed E-state index contributed by atoms with van der Waals surface area (Å²) in [6.45, 7) is 0. The monoisotopic (exact) mass is 392 g/mol. The van der Waals surface area contributed by atoms with Gasteiger partial charge < -0.3 is 9.36 Å². The molecule has 4 aromatic rings. The Morgan fingerprint density at radius 2 is 1.33 bits per heavy atom. The van der Waals surface area contributed by atoms with E-state index in [2.05, 4.69) is 102 Å². The molecule has 1 aliphatic rings. The van der Waals surface area contributed by atoms with E-state index in [0.29, 0.717) is 18.3 Å². The minimum atomic E-state index is -0.524. The highest BCUT2D eigenvalue weighted by Crippen LogP contribution is 2.49. The molecule has 1 aromatic heterocycles. The second kappa shape index (κ2) is 7.75. The second-order valence-corrected chi connectivity index (χ2v) is 8.02. The van der Waals surface area contributed by atoms with Gasteiger partial charge in [-0.15, -0.1) is 0 Å². The molecule has 0 bridgehead atoms. The van der Waals surface area contributed by atoms with Gasteiger partial charge in [-0.2, -0.15) is 0 Å². The van der Waals surface area contributed by atoms with Gasteiger partial charge in [0.2, 0.25) is 0 Å². The van der Waals surface area contributed by atoms with Gasteiger partial charge in [-0.25, -0.2) is 4.98 Å². The zero-order valence-corrected chi connectivity index (χ0v) is 16.8. The highest BCUT2D eigenvalue weighted by atomic mass is 16.1. The predicted octanol–water partition coefficient (Wildman–Crippen LogP) is 5.42. The van der Waals surface area contributed by atoms with Gasteiger partial charge in [0.1, 0.15) is 11.8 Å². The average Bonchev–Trinajstić information content (AvgIpc) is 3.41. The molecule has 1 saturated carbocycles. The molecule has 3 heteroatoms. The minimum absolute atomic E-state index is 0.386. The predicted molar refractivity (Wildman–Crippen MR) is 118 cm³/mol. The van der Waals surface area contributed by atoms with Gasteiger partial charge in [0, 0.05) is 18.5 Å². The number of nitrogens with zero attached hydrogens (tertiary/aromatic N) is 2. The van der Waals surface area contributed by atoms with Crippen LogP contribution in [-0.2, 0) is 10.3 Å². The van der Waals surface area contributed by atoms with E-state index in [0.717, 1.165) is 18.4 Å². The van der Waals surface area contributed by atoms with E-state index in [1.54, 1.807) is 0 Å². The van der Waals surface area contributed by atoms with Crippen LogP contribution in [0, 0.1) is 5.92 Å². The number of aromatic nitrogens is 2. The molecule has 30 heavy (non-hydrogen) atoms. The molecular formula is C27H24N2O. The van der Waals surface area contributed by atoms with Crippen LogP contribution in [0.2, 0.25) is 0 Å². The minimum Gasteiger partial charge on any atom is -0.319 e. The summed E-state index contributed by atoms with van der Waals surface area (Å²) < 4.78 is 2.25. The van der Waals surface area contributed by atoms with E-state index < -0.39 is 5.54 Å². The summed E-state index contributed by atoms with van der Waals surface area (Å²) in [7, 11) is 0. The van der Waals surface area contributed by atoms with Gasteiger partial charge >= 0.3 is 0 Å². The van der Waals surface area contributed by atoms with Gasteiger partial charge in [0.15, 0.2) is 0 Å². The van der Waals surface area contributed by atoms with Crippen molar-refractivity contribution < 1.29 is 4.79 Å². The Balaban J connectivity index is 1.73. The van der Waals surface area contributed by atoms with Crippen LogP contribution in [0.15, 0.2) is 104 Å². The van der Waals surface area contributed by atoms with Crippen LogP contribution in [0.3, 0.4) is 0 Å². The lowest BCUT2D eigenvalue weighted by atomic mass is 9.77. The van der Waals surface area contributed by atoms with Crippen molar-refractivity contribution in [2.75, 3.05) is 0 Å². The number of hydrogen-bond acceptors (Lipinski definition) is 2. The molecule has 1 heterocycles. The Kier molecular flexibility index (Phi) is 4.80. The standard InChI is InChI=1S/C27H24N2O/c30-17-16-21-18-25(21)26-19-29(20-28-26)27(22-10-4-1-5-11-22,23-12-6-2-7-13-23)24-14-8-3-9-15-24/h1-15,17,19-21,25H,16,18H2/t21-,25-/m0/s1. The SMILES string of the molecule is O=CC[C@H]1C[C@@H]1c1cn(C(c2ccccc2)(c2ccccc2)c2ccccc2)cn1. The summed E-state index contributed by atoms with van der Waals surface area (Å²) in [5, 5.41) is 0. The van der Waals surface area contributed by atoms with Gasteiger partial charge in [-0.05, 0) is 29.0 Å². The van der Waals surface area contributed by atoms with E-state index in [9.17, 15) is 4.79 Å². The molecule has 1 aliphatic carbocycles. The molecule has 0 radical (unpaired) electrons. The number of aldehydes is 1. The first-order valence-electron chi connectivity index (χ1n) is 10.5. The molecule has 3 aromatic carbocycles. The molecule has 2 atom stereocenters. The Labute approximate surface area is 177 Å². The van der Waals surface area contributed by atoms with Crippen molar-refractivity contribution in [1.29, 1.82) is 0 Å². The van der Waals surface area contributed by atoms with Gasteiger partial charge in [0.05, 0.1) is 12.0 Å². The average molecular weight is 393 g/mol. The summed E-state index contributed by atoms with van der Waals surface area (Å²) in [6.07, 6.45) is 6.84. The van der Waals surface area contributed by atoms with Gasteiger partial charge in [0.25, 0.3) is 0 Å². The lowest BCUT2D eigenvalue weighted by Crippen LogP contribution is -2.36. The topological polar surface area (TPSA) is 34.9 Å². The molecular weight excluding hydrogens is 368 g/mol. The number of carbonyl (C=O) groups excluding carboxylic acids is 1. The van der Waals surface area contributed by atoms with Crippen LogP contribution in [0.25, 0.3) is 0 Å². The van der Waals surface area contributed by atoms with Crippen LogP contribution in [0.1, 0.15) is 41.1 Å². The third-order valence-corrected chi connectivity index (χ3v) is 6.27. The van der Waals surface area contributed by atoms with Crippen LogP contribution in [0.5, 0.6) is 0 Å². The molecule has 0 aliphatic heterocycles. The third kappa shape index (κ3) is 3.07. The lowest BCUT2D eigenvalue weighted by molar-refractivity contribution is -0.108. The van der Waals surface area contributed by atoms with Gasteiger partial charge in [-0.1, -0.05) is 91.0 Å². The molecule has 0 spiro atoms. The van der Waals surface area contributed by atoms with Crippen LogP contribution in [-0.4, -0.2) is 15.8 Å². The third-order valence-electron chi connectivity index (χ3n) is 6.27. The molecule has 0 saturated heterocycles. The molecule has 1 fully saturated rings. The molecule has 148 valence electrons. The maximum Gasteiger partial charge on any atom is 0.121 e. The van der Waals surface area contributed by atoms with Crippen LogP contribution in [0.4, 0.5) is 0 Å². The summed E-state index contributed by atoms with van der Waals surface area (Å²) >= 11 is 0. The van der Waals surface area contributed by atoms with Crippen LogP contribution >= 0.6 is 0 Å². The lowest BCUT2D eigenvalue weighted by Gasteiger charge is -2.37. The molecule has 5 rings (SSSR count). The molecule has 0 N–H and O–H groups in total. The zero-order valence-electron chi connectivity index (χ0n) is 16.8. The van der Waals surface area contributed by atoms with Crippen molar-refractivity contribution in [2.24, 2.45) is 5.92 Å². The summed E-state index contributed by atoms with van der Waals surface area (Å²) in [4.78, 5) is 15.7. The Morgan fingerprint density at radius 1 is 0.833 bits per heavy atom. The largest absolute Gasteiger partial charge is 0.319 e. The molecule has 0 amide bonds. The van der Waals surface area contributed by atoms with Crippen molar-refractivity contribution in [2.45, 2.75) is 24.3 Å². The highest BCUT2D eigenvalue weighted by Gasteiger charge is 2.42. The van der Waals surface area contributed by atoms with Crippen molar-refractivity contribution >= 4 is 6.29 Å². The van der Waals surface area contributed by atoms with E-state index in [-0.39, 0.29) is 0 Å². The smallest absolute Gasteiger partial charge is 0.121 e. The molecule has 3 nitrogen and oxygen atoms in total. The van der Waals surface area contributed by atoms with Crippen molar-refractivity contribution in [3.63, 3.8) is 0 Å². The van der Waals surface area contributed by atoms with E-state index in [1.807, 2.05) is 6.33 Å². The number of rotatable bonds is 7.